The second kappa shape index (κ2) is 20.0. The number of rotatable bonds is 7. The quantitative estimate of drug-likeness (QED) is 0.150. The lowest BCUT2D eigenvalue weighted by Gasteiger charge is -2.32. The summed E-state index contributed by atoms with van der Waals surface area (Å²) in [5.74, 6) is 3.87. The van der Waals surface area contributed by atoms with Gasteiger partial charge in [-0.2, -0.15) is 4.31 Å². The summed E-state index contributed by atoms with van der Waals surface area (Å²) in [7, 11) is -2.17. The Morgan fingerprint density at radius 2 is 1.00 bits per heavy atom. The first-order chi connectivity index (χ1) is 32.6. The lowest BCUT2D eigenvalue weighted by Crippen LogP contribution is -2.39. The summed E-state index contributed by atoms with van der Waals surface area (Å²) < 4.78 is 75.1. The molecule has 1 N–H and O–H groups in total. The maximum Gasteiger partial charge on any atom is 0.261 e. The van der Waals surface area contributed by atoms with Crippen molar-refractivity contribution in [3.8, 4) is 45.8 Å². The van der Waals surface area contributed by atoms with E-state index in [4.69, 9.17) is 39.6 Å². The molecule has 68 heavy (non-hydrogen) atoms. The Bertz CT molecular complexity index is 3270. The highest BCUT2D eigenvalue weighted by molar-refractivity contribution is 8.13. The van der Waals surface area contributed by atoms with Gasteiger partial charge in [0, 0.05) is 71.5 Å². The number of pyridine rings is 2. The molecule has 2 fully saturated rings. The average molecular weight is 978 g/mol. The fourth-order valence-corrected chi connectivity index (χ4v) is 11.0. The van der Waals surface area contributed by atoms with Gasteiger partial charge < -0.3 is 33.4 Å². The van der Waals surface area contributed by atoms with Crippen LogP contribution in [0.4, 0.5) is 0 Å². The van der Waals surface area contributed by atoms with E-state index in [1.807, 2.05) is 66.9 Å². The van der Waals surface area contributed by atoms with Crippen LogP contribution in [0.15, 0.2) is 144 Å². The number of imidazole rings is 2. The molecule has 352 valence electrons. The van der Waals surface area contributed by atoms with Gasteiger partial charge in [-0.3, -0.25) is 0 Å². The van der Waals surface area contributed by atoms with E-state index in [1.54, 1.807) is 28.7 Å². The number of halogens is 1. The topological polar surface area (TPSA) is 182 Å². The summed E-state index contributed by atoms with van der Waals surface area (Å²) in [6, 6.07) is 37.9. The maximum absolute atomic E-state index is 13.3. The Morgan fingerprint density at radius 3 is 1.50 bits per heavy atom. The fourth-order valence-electron chi connectivity index (χ4n) is 8.75. The molecule has 4 aromatic heterocycles. The molecule has 4 aliphatic rings. The third-order valence-electron chi connectivity index (χ3n) is 12.0. The SMILES string of the molecule is C.O=S(=O)(Cl)c1ccc2c(c1)OCO2.O=S(=O)(c1ccc2c(c1)OCO2)N1CCC(n2c(-c3ccccc3)nc3cccnc32)CC1.c1ccc(-c2nc3cccnc3n2C2CCNCC2)cc1. The van der Waals surface area contributed by atoms with Crippen LogP contribution >= 0.6 is 10.7 Å². The lowest BCUT2D eigenvalue weighted by molar-refractivity contribution is 0.173. The minimum absolute atomic E-state index is 0. The number of nitrogens with one attached hydrogen (secondary N) is 1. The van der Waals surface area contributed by atoms with Gasteiger partial charge in [0.15, 0.2) is 34.3 Å². The van der Waals surface area contributed by atoms with Gasteiger partial charge in [-0.25, -0.2) is 36.8 Å². The van der Waals surface area contributed by atoms with E-state index in [0.29, 0.717) is 55.0 Å². The molecule has 2 saturated heterocycles. The predicted molar refractivity (Wildman–Crippen MR) is 259 cm³/mol. The molecule has 0 unspecified atom stereocenters. The number of ether oxygens (including phenoxy) is 4. The van der Waals surface area contributed by atoms with Crippen molar-refractivity contribution in [1.82, 2.24) is 38.7 Å². The van der Waals surface area contributed by atoms with Crippen LogP contribution in [0.3, 0.4) is 0 Å². The molecule has 8 aromatic rings. The number of hydrogen-bond donors (Lipinski definition) is 1. The number of fused-ring (bicyclic) bond motifs is 4. The van der Waals surface area contributed by atoms with Crippen molar-refractivity contribution in [1.29, 1.82) is 0 Å². The minimum Gasteiger partial charge on any atom is -0.454 e. The number of benzene rings is 4. The van der Waals surface area contributed by atoms with E-state index in [2.05, 4.69) is 48.7 Å². The van der Waals surface area contributed by atoms with Crippen LogP contribution in [0.1, 0.15) is 45.2 Å². The van der Waals surface area contributed by atoms with Crippen LogP contribution in [-0.4, -0.2) is 90.0 Å². The van der Waals surface area contributed by atoms with Gasteiger partial charge in [-0.1, -0.05) is 68.1 Å². The van der Waals surface area contributed by atoms with Gasteiger partial charge >= 0.3 is 0 Å². The van der Waals surface area contributed by atoms with Crippen LogP contribution in [0.2, 0.25) is 0 Å². The summed E-state index contributed by atoms with van der Waals surface area (Å²) in [5, 5.41) is 3.43. The number of nitrogens with zero attached hydrogens (tertiary/aromatic N) is 7. The Balaban J connectivity index is 0.000000141. The average Bonchev–Trinajstić information content (AvgIpc) is 4.20. The number of piperidine rings is 2. The molecule has 4 aromatic carbocycles. The van der Waals surface area contributed by atoms with Crippen molar-refractivity contribution in [3.05, 3.63) is 134 Å². The zero-order chi connectivity index (χ0) is 46.0. The van der Waals surface area contributed by atoms with Crippen molar-refractivity contribution in [2.45, 2.75) is 55.0 Å². The third-order valence-corrected chi connectivity index (χ3v) is 15.3. The Kier molecular flexibility index (Phi) is 13.7. The van der Waals surface area contributed by atoms with Crippen molar-refractivity contribution in [2.24, 2.45) is 0 Å². The van der Waals surface area contributed by atoms with Crippen molar-refractivity contribution < 1.29 is 35.8 Å². The molecular formula is C49H49ClN8O8S2. The van der Waals surface area contributed by atoms with E-state index in [1.165, 1.54) is 18.2 Å². The van der Waals surface area contributed by atoms with Crippen LogP contribution in [0, 0.1) is 0 Å². The van der Waals surface area contributed by atoms with E-state index in [0.717, 1.165) is 71.0 Å². The normalized spacial score (nSPS) is 16.1. The van der Waals surface area contributed by atoms with Gasteiger partial charge in [0.05, 0.1) is 9.79 Å². The second-order valence-electron chi connectivity index (χ2n) is 16.1. The molecule has 0 spiro atoms. The smallest absolute Gasteiger partial charge is 0.261 e. The van der Waals surface area contributed by atoms with Crippen LogP contribution < -0.4 is 24.3 Å². The highest BCUT2D eigenvalue weighted by atomic mass is 35.7. The van der Waals surface area contributed by atoms with Crippen molar-refractivity contribution >= 4 is 52.1 Å². The van der Waals surface area contributed by atoms with Gasteiger partial charge in [-0.05, 0) is 87.3 Å². The van der Waals surface area contributed by atoms with Gasteiger partial charge in [0.1, 0.15) is 22.7 Å². The summed E-state index contributed by atoms with van der Waals surface area (Å²) in [6.07, 6.45) is 7.23. The summed E-state index contributed by atoms with van der Waals surface area (Å²) in [4.78, 5) is 19.1. The zero-order valence-electron chi connectivity index (χ0n) is 36.0. The van der Waals surface area contributed by atoms with E-state index < -0.39 is 19.1 Å². The third kappa shape index (κ3) is 9.59. The molecular weight excluding hydrogens is 928 g/mol. The Hall–Kier alpha value is -6.57. The van der Waals surface area contributed by atoms with Crippen LogP contribution in [-0.2, 0) is 19.1 Å². The predicted octanol–water partition coefficient (Wildman–Crippen LogP) is 8.85. The molecule has 0 aliphatic carbocycles. The molecule has 19 heteroatoms. The molecule has 0 radical (unpaired) electrons. The molecule has 0 amide bonds. The summed E-state index contributed by atoms with van der Waals surface area (Å²) in [6.45, 7) is 3.18. The largest absolute Gasteiger partial charge is 0.454 e. The van der Waals surface area contributed by atoms with Gasteiger partial charge in [0.2, 0.25) is 23.6 Å². The first kappa shape index (κ1) is 46.5. The highest BCUT2D eigenvalue weighted by Crippen LogP contribution is 2.38. The fraction of sp³-hybridized carbons (Fsp3) is 0.265. The minimum atomic E-state index is -3.69. The van der Waals surface area contributed by atoms with E-state index in [-0.39, 0.29) is 36.8 Å². The standard InChI is InChI=1S/C24H22N4O4S.C17H18N4.C7H5ClO4S.CH4/c29-33(30,19-8-9-21-22(15-19)32-16-31-21)27-13-10-18(11-14-27)28-23(17-5-2-1-3-6-17)26-20-7-4-12-25-24(20)28;1-2-5-13(6-3-1)16-20-15-7-4-10-19-17(15)21(16)14-8-11-18-12-9-14;8-13(9,10)5-1-2-6-7(3-5)12-4-11-6;/h1-9,12,15,18H,10-11,13-14,16H2;1-7,10,14,18H,8-9,11-12H2;1-3H,4H2;1H4. The van der Waals surface area contributed by atoms with Crippen LogP contribution in [0.25, 0.3) is 45.1 Å². The van der Waals surface area contributed by atoms with Gasteiger partial charge in [0.25, 0.3) is 9.05 Å². The first-order valence-corrected chi connectivity index (χ1v) is 25.6. The first-order valence-electron chi connectivity index (χ1n) is 21.8. The Morgan fingerprint density at radius 1 is 0.544 bits per heavy atom. The number of hydrogen-bond acceptors (Lipinski definition) is 13. The monoisotopic (exact) mass is 976 g/mol. The highest BCUT2D eigenvalue weighted by Gasteiger charge is 2.33. The van der Waals surface area contributed by atoms with Crippen molar-refractivity contribution in [2.75, 3.05) is 39.8 Å². The van der Waals surface area contributed by atoms with Crippen molar-refractivity contribution in [3.63, 3.8) is 0 Å². The summed E-state index contributed by atoms with van der Waals surface area (Å²) in [5.41, 5.74) is 5.83. The Labute approximate surface area is 398 Å². The molecule has 16 nitrogen and oxygen atoms in total. The summed E-state index contributed by atoms with van der Waals surface area (Å²) >= 11 is 0. The number of sulfonamides is 1. The lowest BCUT2D eigenvalue weighted by atomic mass is 10.1. The second-order valence-corrected chi connectivity index (χ2v) is 20.6. The zero-order valence-corrected chi connectivity index (χ0v) is 38.4. The molecule has 4 aliphatic heterocycles. The molecule has 12 rings (SSSR count). The van der Waals surface area contributed by atoms with Gasteiger partial charge in [-0.15, -0.1) is 0 Å². The molecule has 0 bridgehead atoms. The number of aromatic nitrogens is 6. The molecule has 0 saturated carbocycles. The molecule has 0 atom stereocenters. The molecule has 8 heterocycles. The maximum atomic E-state index is 13.3. The van der Waals surface area contributed by atoms with E-state index in [9.17, 15) is 16.8 Å². The van der Waals surface area contributed by atoms with Crippen LogP contribution in [0.5, 0.6) is 23.0 Å². The van der Waals surface area contributed by atoms with E-state index >= 15 is 0 Å².